The van der Waals surface area contributed by atoms with Crippen molar-refractivity contribution in [3.05, 3.63) is 53.6 Å². The van der Waals surface area contributed by atoms with Crippen molar-refractivity contribution in [1.29, 1.82) is 0 Å². The Morgan fingerprint density at radius 2 is 1.91 bits per heavy atom. The number of thioether (sulfide) groups is 2. The van der Waals surface area contributed by atoms with Crippen LogP contribution in [0.5, 0.6) is 5.75 Å². The van der Waals surface area contributed by atoms with Gasteiger partial charge in [0.05, 0.1) is 30.9 Å². The molecule has 1 aromatic heterocycles. The summed E-state index contributed by atoms with van der Waals surface area (Å²) in [5.74, 6) is -0.645. The van der Waals surface area contributed by atoms with Crippen molar-refractivity contribution >= 4 is 29.5 Å². The van der Waals surface area contributed by atoms with Gasteiger partial charge in [-0.25, -0.2) is 0 Å². The van der Waals surface area contributed by atoms with Gasteiger partial charge in [0, 0.05) is 18.8 Å². The van der Waals surface area contributed by atoms with Gasteiger partial charge in [0.1, 0.15) is 5.75 Å². The van der Waals surface area contributed by atoms with Crippen molar-refractivity contribution in [3.8, 4) is 11.4 Å². The second-order valence-electron chi connectivity index (χ2n) is 7.16. The number of para-hydroxylation sites is 1. The molecule has 0 atom stereocenters. The lowest BCUT2D eigenvalue weighted by molar-refractivity contribution is 0.122. The topological polar surface area (TPSA) is 52.4 Å². The quantitative estimate of drug-likeness (QED) is 0.421. The summed E-state index contributed by atoms with van der Waals surface area (Å²) in [5, 5.41) is 9.75. The summed E-state index contributed by atoms with van der Waals surface area (Å²) in [6, 6.07) is 13.5. The number of alkyl halides is 2. The molecule has 10 heteroatoms. The van der Waals surface area contributed by atoms with Crippen molar-refractivity contribution in [2.24, 2.45) is 0 Å². The molecule has 3 aromatic rings. The van der Waals surface area contributed by atoms with E-state index in [1.807, 2.05) is 18.2 Å². The number of morpholine rings is 1. The third-order valence-corrected chi connectivity index (χ3v) is 6.85. The standard InChI is InChI=1S/C22H24F2N4O2S2/c1-15-5-3-4-6-17(15)28-21(27-9-11-30-12-10-27)25-26-22(28)31-14-16-7-8-19(32-20(23)24)18(13-16)29-2/h3-8,13,20H,9-12,14H2,1-2H3. The number of hydrogen-bond donors (Lipinski definition) is 0. The molecule has 0 N–H and O–H groups in total. The van der Waals surface area contributed by atoms with E-state index in [0.29, 0.717) is 41.4 Å². The molecule has 1 saturated heterocycles. The van der Waals surface area contributed by atoms with Gasteiger partial charge in [-0.15, -0.1) is 10.2 Å². The van der Waals surface area contributed by atoms with E-state index >= 15 is 0 Å². The molecule has 1 aliphatic heterocycles. The number of anilines is 1. The molecule has 0 bridgehead atoms. The molecule has 0 saturated carbocycles. The van der Waals surface area contributed by atoms with Gasteiger partial charge in [-0.3, -0.25) is 4.57 Å². The summed E-state index contributed by atoms with van der Waals surface area (Å²) in [4.78, 5) is 2.61. The van der Waals surface area contributed by atoms with E-state index < -0.39 is 5.76 Å². The molecular weight excluding hydrogens is 454 g/mol. The Balaban J connectivity index is 1.61. The fourth-order valence-electron chi connectivity index (χ4n) is 3.49. The van der Waals surface area contributed by atoms with Crippen LogP contribution in [0.15, 0.2) is 52.5 Å². The number of aryl methyl sites for hydroxylation is 1. The molecule has 2 heterocycles. The Morgan fingerprint density at radius 1 is 1.12 bits per heavy atom. The van der Waals surface area contributed by atoms with Gasteiger partial charge in [-0.1, -0.05) is 47.8 Å². The van der Waals surface area contributed by atoms with Crippen LogP contribution in [0.25, 0.3) is 5.69 Å². The normalized spacial score (nSPS) is 14.2. The van der Waals surface area contributed by atoms with E-state index in [4.69, 9.17) is 9.47 Å². The summed E-state index contributed by atoms with van der Waals surface area (Å²) in [7, 11) is 1.49. The summed E-state index contributed by atoms with van der Waals surface area (Å²) in [6.07, 6.45) is 0. The lowest BCUT2D eigenvalue weighted by Crippen LogP contribution is -2.38. The smallest absolute Gasteiger partial charge is 0.289 e. The highest BCUT2D eigenvalue weighted by Crippen LogP contribution is 2.36. The van der Waals surface area contributed by atoms with Gasteiger partial charge in [-0.2, -0.15) is 8.78 Å². The van der Waals surface area contributed by atoms with Crippen LogP contribution in [-0.2, 0) is 10.5 Å². The minimum absolute atomic E-state index is 0.425. The SMILES string of the molecule is COc1cc(CSc2nnc(N3CCOCC3)n2-c2ccccc2C)ccc1SC(F)F. The summed E-state index contributed by atoms with van der Waals surface area (Å²) < 4.78 is 38.4. The Labute approximate surface area is 194 Å². The van der Waals surface area contributed by atoms with Crippen LogP contribution in [0.3, 0.4) is 0 Å². The van der Waals surface area contributed by atoms with Gasteiger partial charge in [0.25, 0.3) is 5.76 Å². The average molecular weight is 479 g/mol. The fraction of sp³-hybridized carbons (Fsp3) is 0.364. The molecule has 0 aliphatic carbocycles. The molecule has 1 fully saturated rings. The predicted octanol–water partition coefficient (Wildman–Crippen LogP) is 5.03. The third-order valence-electron chi connectivity index (χ3n) is 5.08. The zero-order valence-electron chi connectivity index (χ0n) is 17.8. The van der Waals surface area contributed by atoms with Gasteiger partial charge in [0.2, 0.25) is 5.95 Å². The highest BCUT2D eigenvalue weighted by atomic mass is 32.2. The average Bonchev–Trinajstić information content (AvgIpc) is 3.22. The van der Waals surface area contributed by atoms with Crippen LogP contribution in [0.4, 0.5) is 14.7 Å². The zero-order chi connectivity index (χ0) is 22.5. The first-order valence-corrected chi connectivity index (χ1v) is 12.0. The Bertz CT molecular complexity index is 1060. The summed E-state index contributed by atoms with van der Waals surface area (Å²) in [6.45, 7) is 4.90. The van der Waals surface area contributed by atoms with E-state index in [-0.39, 0.29) is 0 Å². The Morgan fingerprint density at radius 3 is 2.62 bits per heavy atom. The molecular formula is C22H24F2N4O2S2. The van der Waals surface area contributed by atoms with Crippen molar-refractivity contribution in [3.63, 3.8) is 0 Å². The second kappa shape index (κ2) is 10.5. The molecule has 0 unspecified atom stereocenters. The van der Waals surface area contributed by atoms with E-state index in [1.165, 1.54) is 7.11 Å². The first-order chi connectivity index (χ1) is 15.6. The van der Waals surface area contributed by atoms with E-state index in [9.17, 15) is 8.78 Å². The fourth-order valence-corrected chi connectivity index (χ4v) is 4.97. The van der Waals surface area contributed by atoms with Crippen LogP contribution in [0, 0.1) is 6.92 Å². The number of ether oxygens (including phenoxy) is 2. The number of halogens is 2. The van der Waals surface area contributed by atoms with E-state index in [0.717, 1.165) is 41.0 Å². The van der Waals surface area contributed by atoms with Crippen LogP contribution >= 0.6 is 23.5 Å². The summed E-state index contributed by atoms with van der Waals surface area (Å²) >= 11 is 2.03. The molecule has 32 heavy (non-hydrogen) atoms. The van der Waals surface area contributed by atoms with Crippen molar-refractivity contribution in [2.45, 2.75) is 28.5 Å². The highest BCUT2D eigenvalue weighted by Gasteiger charge is 2.22. The van der Waals surface area contributed by atoms with Crippen molar-refractivity contribution in [2.75, 3.05) is 38.3 Å². The number of hydrogen-bond acceptors (Lipinski definition) is 7. The number of methoxy groups -OCH3 is 1. The number of nitrogens with zero attached hydrogens (tertiary/aromatic N) is 4. The van der Waals surface area contributed by atoms with Crippen LogP contribution in [-0.4, -0.2) is 53.9 Å². The number of rotatable bonds is 8. The maximum absolute atomic E-state index is 12.8. The zero-order valence-corrected chi connectivity index (χ0v) is 19.5. The van der Waals surface area contributed by atoms with Crippen molar-refractivity contribution < 1.29 is 18.3 Å². The second-order valence-corrected chi connectivity index (χ2v) is 9.13. The first kappa shape index (κ1) is 22.9. The Kier molecular flexibility index (Phi) is 7.54. The number of benzene rings is 2. The van der Waals surface area contributed by atoms with Crippen molar-refractivity contribution in [1.82, 2.24) is 14.8 Å². The molecule has 6 nitrogen and oxygen atoms in total. The lowest BCUT2D eigenvalue weighted by atomic mass is 10.2. The largest absolute Gasteiger partial charge is 0.496 e. The maximum atomic E-state index is 12.8. The minimum Gasteiger partial charge on any atom is -0.496 e. The molecule has 0 amide bonds. The van der Waals surface area contributed by atoms with Gasteiger partial charge < -0.3 is 14.4 Å². The van der Waals surface area contributed by atoms with Gasteiger partial charge >= 0.3 is 0 Å². The van der Waals surface area contributed by atoms with E-state index in [2.05, 4.69) is 38.7 Å². The third kappa shape index (κ3) is 5.19. The maximum Gasteiger partial charge on any atom is 0.289 e. The molecule has 1 aliphatic rings. The molecule has 170 valence electrons. The lowest BCUT2D eigenvalue weighted by Gasteiger charge is -2.28. The van der Waals surface area contributed by atoms with Crippen LogP contribution in [0.1, 0.15) is 11.1 Å². The van der Waals surface area contributed by atoms with Crippen LogP contribution < -0.4 is 9.64 Å². The van der Waals surface area contributed by atoms with Crippen LogP contribution in [0.2, 0.25) is 0 Å². The molecule has 0 spiro atoms. The first-order valence-electron chi connectivity index (χ1n) is 10.2. The Hall–Kier alpha value is -2.30. The summed E-state index contributed by atoms with van der Waals surface area (Å²) in [5.41, 5.74) is 3.11. The molecule has 4 rings (SSSR count). The molecule has 2 aromatic carbocycles. The van der Waals surface area contributed by atoms with Gasteiger partial charge in [-0.05, 0) is 36.2 Å². The number of aromatic nitrogens is 3. The monoisotopic (exact) mass is 478 g/mol. The van der Waals surface area contributed by atoms with E-state index in [1.54, 1.807) is 23.9 Å². The highest BCUT2D eigenvalue weighted by molar-refractivity contribution is 7.99. The molecule has 0 radical (unpaired) electrons. The minimum atomic E-state index is -2.49. The van der Waals surface area contributed by atoms with Gasteiger partial charge in [0.15, 0.2) is 5.16 Å². The predicted molar refractivity (Wildman–Crippen MR) is 124 cm³/mol.